The molecule has 3 rings (SSSR count). The van der Waals surface area contributed by atoms with E-state index in [0.717, 1.165) is 6.42 Å². The third-order valence-electron chi connectivity index (χ3n) is 4.57. The summed E-state index contributed by atoms with van der Waals surface area (Å²) >= 11 is 1.82. The highest BCUT2D eigenvalue weighted by molar-refractivity contribution is 8.00. The molecule has 2 aromatic carbocycles. The van der Waals surface area contributed by atoms with Crippen LogP contribution in [-0.2, 0) is 11.2 Å². The van der Waals surface area contributed by atoms with Crippen molar-refractivity contribution < 1.29 is 4.79 Å². The largest absolute Gasteiger partial charge is 0.348 e. The van der Waals surface area contributed by atoms with Crippen molar-refractivity contribution in [3.8, 4) is 0 Å². The van der Waals surface area contributed by atoms with Crippen LogP contribution in [0.1, 0.15) is 42.9 Å². The second-order valence-electron chi connectivity index (χ2n) is 6.44. The zero-order valence-corrected chi connectivity index (χ0v) is 14.8. The first kappa shape index (κ1) is 17.1. The standard InChI is InChI=1S/C21H25NOS/c23-21(16-24-19-13-7-8-14-19)22-20(18-11-5-2-6-12-18)15-17-9-3-1-4-10-17/h1-6,9-12,19-20H,7-8,13-16H2,(H,22,23)/t20-/m0/s1. The second kappa shape index (κ2) is 8.93. The molecular weight excluding hydrogens is 314 g/mol. The summed E-state index contributed by atoms with van der Waals surface area (Å²) in [6.45, 7) is 0. The van der Waals surface area contributed by atoms with Crippen LogP contribution in [0.3, 0.4) is 0 Å². The van der Waals surface area contributed by atoms with Crippen molar-refractivity contribution in [3.05, 3.63) is 71.8 Å². The zero-order valence-electron chi connectivity index (χ0n) is 14.0. The molecular formula is C21H25NOS. The molecule has 0 unspecified atom stereocenters. The third-order valence-corrected chi connectivity index (χ3v) is 5.94. The summed E-state index contributed by atoms with van der Waals surface area (Å²) in [5.74, 6) is 0.722. The number of carbonyl (C=O) groups is 1. The van der Waals surface area contributed by atoms with Gasteiger partial charge in [-0.1, -0.05) is 73.5 Å². The van der Waals surface area contributed by atoms with Gasteiger partial charge in [-0.2, -0.15) is 0 Å². The molecule has 1 aliphatic carbocycles. The van der Waals surface area contributed by atoms with Crippen LogP contribution in [-0.4, -0.2) is 16.9 Å². The molecule has 0 radical (unpaired) electrons. The maximum absolute atomic E-state index is 12.4. The van der Waals surface area contributed by atoms with Crippen LogP contribution in [0.15, 0.2) is 60.7 Å². The lowest BCUT2D eigenvalue weighted by molar-refractivity contribution is -0.119. The fourth-order valence-corrected chi connectivity index (χ4v) is 4.41. The minimum atomic E-state index is 0.0327. The lowest BCUT2D eigenvalue weighted by atomic mass is 9.99. The lowest BCUT2D eigenvalue weighted by Gasteiger charge is -2.20. The molecule has 0 saturated heterocycles. The van der Waals surface area contributed by atoms with Gasteiger partial charge in [-0.05, 0) is 30.4 Å². The van der Waals surface area contributed by atoms with Gasteiger partial charge < -0.3 is 5.32 Å². The van der Waals surface area contributed by atoms with Crippen molar-refractivity contribution in [3.63, 3.8) is 0 Å². The molecule has 1 fully saturated rings. The molecule has 2 nitrogen and oxygen atoms in total. The summed E-state index contributed by atoms with van der Waals surface area (Å²) in [6, 6.07) is 20.7. The highest BCUT2D eigenvalue weighted by Gasteiger charge is 2.19. The van der Waals surface area contributed by atoms with Gasteiger partial charge in [0.15, 0.2) is 0 Å². The Morgan fingerprint density at radius 1 is 1.00 bits per heavy atom. The second-order valence-corrected chi connectivity index (χ2v) is 7.73. The SMILES string of the molecule is O=C(CSC1CCCC1)N[C@@H](Cc1ccccc1)c1ccccc1. The van der Waals surface area contributed by atoms with E-state index in [1.807, 2.05) is 36.0 Å². The molecule has 3 heteroatoms. The van der Waals surface area contributed by atoms with Gasteiger partial charge in [0.2, 0.25) is 5.91 Å². The van der Waals surface area contributed by atoms with E-state index < -0.39 is 0 Å². The predicted molar refractivity (Wildman–Crippen MR) is 102 cm³/mol. The Morgan fingerprint density at radius 3 is 2.29 bits per heavy atom. The summed E-state index contributed by atoms with van der Waals surface area (Å²) in [6.07, 6.45) is 6.00. The molecule has 0 heterocycles. The number of thioether (sulfide) groups is 1. The van der Waals surface area contributed by atoms with Crippen LogP contribution in [0, 0.1) is 0 Å². The van der Waals surface area contributed by atoms with Crippen molar-refractivity contribution in [1.82, 2.24) is 5.32 Å². The Hall–Kier alpha value is -1.74. The summed E-state index contributed by atoms with van der Waals surface area (Å²) in [7, 11) is 0. The fourth-order valence-electron chi connectivity index (χ4n) is 3.27. The summed E-state index contributed by atoms with van der Waals surface area (Å²) < 4.78 is 0. The van der Waals surface area contributed by atoms with Crippen molar-refractivity contribution >= 4 is 17.7 Å². The molecule has 0 bridgehead atoms. The Balaban J connectivity index is 1.62. The van der Waals surface area contributed by atoms with Crippen LogP contribution in [0.2, 0.25) is 0 Å². The molecule has 1 N–H and O–H groups in total. The van der Waals surface area contributed by atoms with Gasteiger partial charge in [-0.15, -0.1) is 11.8 Å². The quantitative estimate of drug-likeness (QED) is 0.788. The molecule has 0 spiro atoms. The monoisotopic (exact) mass is 339 g/mol. The Morgan fingerprint density at radius 2 is 1.62 bits per heavy atom. The van der Waals surface area contributed by atoms with E-state index in [1.54, 1.807) is 0 Å². The van der Waals surface area contributed by atoms with Gasteiger partial charge in [0.1, 0.15) is 0 Å². The van der Waals surface area contributed by atoms with Gasteiger partial charge in [-0.25, -0.2) is 0 Å². The van der Waals surface area contributed by atoms with E-state index in [1.165, 1.54) is 36.8 Å². The van der Waals surface area contributed by atoms with Gasteiger partial charge in [0, 0.05) is 5.25 Å². The summed E-state index contributed by atoms with van der Waals surface area (Å²) in [4.78, 5) is 12.4. The minimum Gasteiger partial charge on any atom is -0.348 e. The van der Waals surface area contributed by atoms with Crippen molar-refractivity contribution in [2.45, 2.75) is 43.4 Å². The molecule has 0 aliphatic heterocycles. The molecule has 0 aromatic heterocycles. The third kappa shape index (κ3) is 5.13. The van der Waals surface area contributed by atoms with Crippen LogP contribution in [0.25, 0.3) is 0 Å². The van der Waals surface area contributed by atoms with Crippen molar-refractivity contribution in [1.29, 1.82) is 0 Å². The smallest absolute Gasteiger partial charge is 0.230 e. The van der Waals surface area contributed by atoms with Crippen LogP contribution in [0.5, 0.6) is 0 Å². The number of hydrogen-bond acceptors (Lipinski definition) is 2. The molecule has 1 amide bonds. The van der Waals surface area contributed by atoms with E-state index in [0.29, 0.717) is 11.0 Å². The van der Waals surface area contributed by atoms with E-state index >= 15 is 0 Å². The first-order valence-electron chi connectivity index (χ1n) is 8.81. The van der Waals surface area contributed by atoms with Crippen LogP contribution < -0.4 is 5.32 Å². The van der Waals surface area contributed by atoms with Crippen molar-refractivity contribution in [2.75, 3.05) is 5.75 Å². The molecule has 1 aliphatic rings. The summed E-state index contributed by atoms with van der Waals surface area (Å²) in [5.41, 5.74) is 2.41. The fraction of sp³-hybridized carbons (Fsp3) is 0.381. The van der Waals surface area contributed by atoms with Gasteiger partial charge in [-0.3, -0.25) is 4.79 Å². The average molecular weight is 340 g/mol. The van der Waals surface area contributed by atoms with Crippen LogP contribution in [0.4, 0.5) is 0 Å². The highest BCUT2D eigenvalue weighted by Crippen LogP contribution is 2.29. The van der Waals surface area contributed by atoms with Gasteiger partial charge >= 0.3 is 0 Å². The van der Waals surface area contributed by atoms with Gasteiger partial charge in [0.05, 0.1) is 11.8 Å². The Kier molecular flexibility index (Phi) is 6.36. The number of benzene rings is 2. The average Bonchev–Trinajstić information content (AvgIpc) is 3.15. The maximum atomic E-state index is 12.4. The normalized spacial score (nSPS) is 16.0. The summed E-state index contributed by atoms with van der Waals surface area (Å²) in [5, 5.41) is 3.93. The number of rotatable bonds is 7. The molecule has 1 atom stereocenters. The first-order chi connectivity index (χ1) is 11.8. The number of amides is 1. The zero-order chi connectivity index (χ0) is 16.6. The number of hydrogen-bond donors (Lipinski definition) is 1. The highest BCUT2D eigenvalue weighted by atomic mass is 32.2. The Bertz CT molecular complexity index is 623. The number of carbonyl (C=O) groups excluding carboxylic acids is 1. The predicted octanol–water partition coefficient (Wildman–Crippen LogP) is 4.76. The van der Waals surface area contributed by atoms with E-state index in [2.05, 4.69) is 41.7 Å². The lowest BCUT2D eigenvalue weighted by Crippen LogP contribution is -2.31. The maximum Gasteiger partial charge on any atom is 0.230 e. The molecule has 2 aromatic rings. The number of nitrogens with one attached hydrogen (secondary N) is 1. The van der Waals surface area contributed by atoms with Gasteiger partial charge in [0.25, 0.3) is 0 Å². The molecule has 24 heavy (non-hydrogen) atoms. The molecule has 126 valence electrons. The van der Waals surface area contributed by atoms with E-state index in [4.69, 9.17) is 0 Å². The minimum absolute atomic E-state index is 0.0327. The molecule has 1 saturated carbocycles. The van der Waals surface area contributed by atoms with E-state index in [9.17, 15) is 4.79 Å². The van der Waals surface area contributed by atoms with Crippen molar-refractivity contribution in [2.24, 2.45) is 0 Å². The van der Waals surface area contributed by atoms with E-state index in [-0.39, 0.29) is 11.9 Å². The first-order valence-corrected chi connectivity index (χ1v) is 9.86. The van der Waals surface area contributed by atoms with Crippen LogP contribution >= 0.6 is 11.8 Å². The Labute approximate surface area is 149 Å². The topological polar surface area (TPSA) is 29.1 Å².